The normalized spacial score (nSPS) is 21.4. The van der Waals surface area contributed by atoms with Crippen molar-refractivity contribution in [2.24, 2.45) is 5.92 Å². The van der Waals surface area contributed by atoms with E-state index in [-0.39, 0.29) is 18.4 Å². The first-order chi connectivity index (χ1) is 13.2. The van der Waals surface area contributed by atoms with Gasteiger partial charge < -0.3 is 10.2 Å². The van der Waals surface area contributed by atoms with Gasteiger partial charge in [0.2, 0.25) is 11.8 Å². The quantitative estimate of drug-likeness (QED) is 0.801. The summed E-state index contributed by atoms with van der Waals surface area (Å²) in [5.41, 5.74) is 2.42. The van der Waals surface area contributed by atoms with Crippen molar-refractivity contribution in [3.8, 4) is 0 Å². The molecule has 3 rings (SSSR count). The van der Waals surface area contributed by atoms with Crippen molar-refractivity contribution in [1.82, 2.24) is 8.61 Å². The summed E-state index contributed by atoms with van der Waals surface area (Å²) in [6, 6.07) is 5.53. The van der Waals surface area contributed by atoms with Gasteiger partial charge >= 0.3 is 0 Å². The number of hydrogen-bond acceptors (Lipinski definition) is 4. The molecule has 8 nitrogen and oxygen atoms in total. The van der Waals surface area contributed by atoms with Gasteiger partial charge in [-0.1, -0.05) is 6.07 Å². The lowest BCUT2D eigenvalue weighted by Crippen LogP contribution is -2.47. The second-order valence-corrected chi connectivity index (χ2v) is 9.77. The molecular weight excluding hydrogens is 380 g/mol. The molecule has 9 heteroatoms. The number of carbonyl (C=O) groups excluding carboxylic acids is 2. The van der Waals surface area contributed by atoms with Gasteiger partial charge in [-0.05, 0) is 43.9 Å². The van der Waals surface area contributed by atoms with Crippen LogP contribution in [0.4, 0.5) is 11.4 Å². The van der Waals surface area contributed by atoms with Crippen molar-refractivity contribution in [3.63, 3.8) is 0 Å². The van der Waals surface area contributed by atoms with Gasteiger partial charge in [0.15, 0.2) is 0 Å². The Kier molecular flexibility index (Phi) is 6.07. The topological polar surface area (TPSA) is 90.0 Å². The largest absolute Gasteiger partial charge is 0.326 e. The van der Waals surface area contributed by atoms with Crippen LogP contribution in [0.15, 0.2) is 18.2 Å². The van der Waals surface area contributed by atoms with Crippen LogP contribution in [0.3, 0.4) is 0 Å². The number of piperidine rings is 1. The minimum Gasteiger partial charge on any atom is -0.326 e. The summed E-state index contributed by atoms with van der Waals surface area (Å²) in [7, 11) is -0.541. The van der Waals surface area contributed by atoms with E-state index in [9.17, 15) is 18.0 Å². The van der Waals surface area contributed by atoms with E-state index in [1.165, 1.54) is 22.7 Å². The van der Waals surface area contributed by atoms with E-state index in [0.29, 0.717) is 38.0 Å². The molecular formula is C19H28N4O4S. The van der Waals surface area contributed by atoms with Crippen molar-refractivity contribution in [2.45, 2.75) is 32.6 Å². The SMILES string of the molecule is Cc1ccc(NC(=O)C2CCCN(S(=O)(=O)N(C)C)C2)cc1N1CCCC1=O. The Balaban J connectivity index is 1.72. The van der Waals surface area contributed by atoms with Crippen LogP contribution in [0, 0.1) is 12.8 Å². The highest BCUT2D eigenvalue weighted by atomic mass is 32.2. The molecule has 0 radical (unpaired) electrons. The molecule has 1 atom stereocenters. The number of nitrogens with zero attached hydrogens (tertiary/aromatic N) is 3. The Morgan fingerprint density at radius 1 is 1.21 bits per heavy atom. The van der Waals surface area contributed by atoms with Crippen LogP contribution >= 0.6 is 0 Å². The van der Waals surface area contributed by atoms with E-state index >= 15 is 0 Å². The van der Waals surface area contributed by atoms with Gasteiger partial charge in [-0.15, -0.1) is 0 Å². The lowest BCUT2D eigenvalue weighted by Gasteiger charge is -2.32. The van der Waals surface area contributed by atoms with Gasteiger partial charge in [0.05, 0.1) is 5.92 Å². The first-order valence-electron chi connectivity index (χ1n) is 9.59. The molecule has 1 aromatic carbocycles. The number of aryl methyl sites for hydroxylation is 1. The molecule has 2 heterocycles. The average molecular weight is 409 g/mol. The molecule has 1 N–H and O–H groups in total. The van der Waals surface area contributed by atoms with E-state index in [1.807, 2.05) is 25.1 Å². The van der Waals surface area contributed by atoms with Gasteiger partial charge in [-0.25, -0.2) is 0 Å². The van der Waals surface area contributed by atoms with Gasteiger partial charge in [-0.3, -0.25) is 9.59 Å². The van der Waals surface area contributed by atoms with Crippen molar-refractivity contribution in [1.29, 1.82) is 0 Å². The molecule has 0 saturated carbocycles. The van der Waals surface area contributed by atoms with Crippen LogP contribution in [-0.2, 0) is 19.8 Å². The summed E-state index contributed by atoms with van der Waals surface area (Å²) in [6.07, 6.45) is 2.68. The van der Waals surface area contributed by atoms with Crippen molar-refractivity contribution >= 4 is 33.4 Å². The van der Waals surface area contributed by atoms with Gasteiger partial charge in [0.25, 0.3) is 10.2 Å². The van der Waals surface area contributed by atoms with Crippen molar-refractivity contribution in [2.75, 3.05) is 43.9 Å². The molecule has 28 heavy (non-hydrogen) atoms. The fourth-order valence-corrected chi connectivity index (χ4v) is 4.91. The van der Waals surface area contributed by atoms with Crippen LogP contribution < -0.4 is 10.2 Å². The Morgan fingerprint density at radius 2 is 1.96 bits per heavy atom. The van der Waals surface area contributed by atoms with Crippen LogP contribution in [0.1, 0.15) is 31.2 Å². The summed E-state index contributed by atoms with van der Waals surface area (Å²) in [5, 5.41) is 2.91. The lowest BCUT2D eigenvalue weighted by atomic mass is 9.98. The third kappa shape index (κ3) is 4.21. The van der Waals surface area contributed by atoms with Crippen LogP contribution in [-0.4, -0.2) is 62.6 Å². The Hall–Kier alpha value is -1.97. The van der Waals surface area contributed by atoms with E-state index in [2.05, 4.69) is 5.32 Å². The molecule has 2 aliphatic rings. The monoisotopic (exact) mass is 408 g/mol. The van der Waals surface area contributed by atoms with E-state index in [0.717, 1.165) is 17.7 Å². The van der Waals surface area contributed by atoms with E-state index in [4.69, 9.17) is 0 Å². The molecule has 154 valence electrons. The van der Waals surface area contributed by atoms with Crippen molar-refractivity contribution < 1.29 is 18.0 Å². The molecule has 1 unspecified atom stereocenters. The van der Waals surface area contributed by atoms with E-state index in [1.54, 1.807) is 4.90 Å². The fourth-order valence-electron chi connectivity index (χ4n) is 3.72. The maximum Gasteiger partial charge on any atom is 0.281 e. The second-order valence-electron chi connectivity index (χ2n) is 7.63. The Bertz CT molecular complexity index is 869. The molecule has 2 saturated heterocycles. The predicted molar refractivity (Wildman–Crippen MR) is 108 cm³/mol. The highest BCUT2D eigenvalue weighted by Crippen LogP contribution is 2.29. The number of anilines is 2. The van der Waals surface area contributed by atoms with E-state index < -0.39 is 16.1 Å². The number of benzene rings is 1. The number of nitrogens with one attached hydrogen (secondary N) is 1. The zero-order chi connectivity index (χ0) is 20.5. The average Bonchev–Trinajstić information content (AvgIpc) is 3.09. The zero-order valence-electron chi connectivity index (χ0n) is 16.6. The minimum atomic E-state index is -3.53. The molecule has 0 aromatic heterocycles. The maximum atomic E-state index is 12.8. The third-order valence-corrected chi connectivity index (χ3v) is 7.29. The second kappa shape index (κ2) is 8.18. The molecule has 0 spiro atoms. The summed E-state index contributed by atoms with van der Waals surface area (Å²) in [5.74, 6) is -0.494. The predicted octanol–water partition coefficient (Wildman–Crippen LogP) is 1.58. The molecule has 2 amide bonds. The highest BCUT2D eigenvalue weighted by molar-refractivity contribution is 7.86. The van der Waals surface area contributed by atoms with Crippen LogP contribution in [0.25, 0.3) is 0 Å². The number of amides is 2. The molecule has 1 aromatic rings. The Labute approximate surface area is 166 Å². The molecule has 0 aliphatic carbocycles. The lowest BCUT2D eigenvalue weighted by molar-refractivity contribution is -0.121. The highest BCUT2D eigenvalue weighted by Gasteiger charge is 2.33. The van der Waals surface area contributed by atoms with Crippen LogP contribution in [0.5, 0.6) is 0 Å². The molecule has 0 bridgehead atoms. The summed E-state index contributed by atoms with van der Waals surface area (Å²) in [4.78, 5) is 26.6. The standard InChI is InChI=1S/C19H28N4O4S/c1-14-8-9-16(12-17(14)23-11-5-7-18(23)24)20-19(25)15-6-4-10-22(13-15)28(26,27)21(2)3/h8-9,12,15H,4-7,10-11,13H2,1-3H3,(H,20,25). The summed E-state index contributed by atoms with van der Waals surface area (Å²) < 4.78 is 27.2. The summed E-state index contributed by atoms with van der Waals surface area (Å²) in [6.45, 7) is 3.24. The summed E-state index contributed by atoms with van der Waals surface area (Å²) >= 11 is 0. The molecule has 2 fully saturated rings. The van der Waals surface area contributed by atoms with Gasteiger partial charge in [-0.2, -0.15) is 17.0 Å². The van der Waals surface area contributed by atoms with Gasteiger partial charge in [0, 0.05) is 51.5 Å². The fraction of sp³-hybridized carbons (Fsp3) is 0.579. The minimum absolute atomic E-state index is 0.100. The maximum absolute atomic E-state index is 12.8. The first-order valence-corrected chi connectivity index (χ1v) is 11.0. The Morgan fingerprint density at radius 3 is 2.61 bits per heavy atom. The smallest absolute Gasteiger partial charge is 0.281 e. The van der Waals surface area contributed by atoms with Crippen molar-refractivity contribution in [3.05, 3.63) is 23.8 Å². The molecule has 2 aliphatic heterocycles. The van der Waals surface area contributed by atoms with Crippen LogP contribution in [0.2, 0.25) is 0 Å². The number of rotatable bonds is 5. The van der Waals surface area contributed by atoms with Gasteiger partial charge in [0.1, 0.15) is 0 Å². The number of carbonyl (C=O) groups is 2. The first kappa shape index (κ1) is 20.8. The number of hydrogen-bond donors (Lipinski definition) is 1. The zero-order valence-corrected chi connectivity index (χ0v) is 17.5. The third-order valence-electron chi connectivity index (χ3n) is 5.38.